The maximum absolute atomic E-state index is 13.2. The van der Waals surface area contributed by atoms with Crippen LogP contribution in [0.15, 0.2) is 73.1 Å². The summed E-state index contributed by atoms with van der Waals surface area (Å²) in [6, 6.07) is 19.8. The van der Waals surface area contributed by atoms with Gasteiger partial charge in [-0.1, -0.05) is 23.7 Å². The van der Waals surface area contributed by atoms with Crippen LogP contribution in [0.5, 0.6) is 11.5 Å². The Morgan fingerprint density at radius 1 is 0.806 bits per heavy atom. The van der Waals surface area contributed by atoms with Crippen LogP contribution in [0.2, 0.25) is 5.02 Å². The molecule has 1 aromatic heterocycles. The van der Waals surface area contributed by atoms with Crippen molar-refractivity contribution < 1.29 is 9.53 Å². The van der Waals surface area contributed by atoms with E-state index in [9.17, 15) is 4.79 Å². The Morgan fingerprint density at radius 2 is 1.47 bits per heavy atom. The van der Waals surface area contributed by atoms with E-state index in [-0.39, 0.29) is 5.92 Å². The Kier molecular flexibility index (Phi) is 8.16. The Morgan fingerprint density at radius 3 is 2.19 bits per heavy atom. The van der Waals surface area contributed by atoms with Gasteiger partial charge < -0.3 is 9.64 Å². The number of hydrogen-bond donors (Lipinski definition) is 0. The van der Waals surface area contributed by atoms with E-state index in [2.05, 4.69) is 43.9 Å². The summed E-state index contributed by atoms with van der Waals surface area (Å²) < 4.78 is 5.98. The van der Waals surface area contributed by atoms with Gasteiger partial charge in [0.2, 0.25) is 5.91 Å². The molecule has 7 heteroatoms. The molecule has 0 aliphatic carbocycles. The third-order valence-corrected chi connectivity index (χ3v) is 7.38. The molecule has 2 aliphatic heterocycles. The van der Waals surface area contributed by atoms with Crippen molar-refractivity contribution in [2.24, 2.45) is 5.92 Å². The number of benzene rings is 2. The van der Waals surface area contributed by atoms with Gasteiger partial charge in [0.25, 0.3) is 0 Å². The lowest BCUT2D eigenvalue weighted by Crippen LogP contribution is -2.51. The number of halogens is 1. The molecule has 2 fully saturated rings. The van der Waals surface area contributed by atoms with Crippen molar-refractivity contribution in [3.8, 4) is 11.5 Å². The number of piperazine rings is 1. The van der Waals surface area contributed by atoms with E-state index in [1.54, 1.807) is 0 Å². The van der Waals surface area contributed by atoms with Gasteiger partial charge in [-0.15, -0.1) is 0 Å². The Hall–Kier alpha value is -2.93. The molecule has 2 aromatic carbocycles. The van der Waals surface area contributed by atoms with Crippen molar-refractivity contribution in [2.45, 2.75) is 25.9 Å². The lowest BCUT2D eigenvalue weighted by Gasteiger charge is -2.38. The average molecular weight is 505 g/mol. The first kappa shape index (κ1) is 24.8. The van der Waals surface area contributed by atoms with E-state index in [0.717, 1.165) is 76.7 Å². The molecule has 36 heavy (non-hydrogen) atoms. The standard InChI is InChI=1S/C29H33ClN4O2/c30-26-4-6-27(7-5-26)36-28-3-1-2-24(20-28)22-33-16-18-34(19-17-33)29(35)25-10-14-32(15-11-25)21-23-8-12-31-13-9-23/h1-9,12-13,20,25H,10-11,14-19,21-22H2. The zero-order valence-corrected chi connectivity index (χ0v) is 21.3. The van der Waals surface area contributed by atoms with Crippen LogP contribution in [0.25, 0.3) is 0 Å². The molecule has 3 aromatic rings. The number of carbonyl (C=O) groups excluding carboxylic acids is 1. The van der Waals surface area contributed by atoms with Crippen molar-refractivity contribution in [1.29, 1.82) is 0 Å². The second kappa shape index (κ2) is 11.9. The first-order valence-corrected chi connectivity index (χ1v) is 13.1. The van der Waals surface area contributed by atoms with E-state index in [4.69, 9.17) is 16.3 Å². The highest BCUT2D eigenvalue weighted by Crippen LogP contribution is 2.25. The quantitative estimate of drug-likeness (QED) is 0.449. The van der Waals surface area contributed by atoms with Gasteiger partial charge in [-0.3, -0.25) is 19.6 Å². The fourth-order valence-electron chi connectivity index (χ4n) is 5.07. The van der Waals surface area contributed by atoms with Crippen LogP contribution in [-0.2, 0) is 17.9 Å². The van der Waals surface area contributed by atoms with Crippen LogP contribution in [0.1, 0.15) is 24.0 Å². The first-order chi connectivity index (χ1) is 17.6. The van der Waals surface area contributed by atoms with Gasteiger partial charge in [-0.25, -0.2) is 0 Å². The van der Waals surface area contributed by atoms with E-state index in [1.165, 1.54) is 11.1 Å². The van der Waals surface area contributed by atoms with Gasteiger partial charge in [0.1, 0.15) is 11.5 Å². The fraction of sp³-hybridized carbons (Fsp3) is 0.379. The van der Waals surface area contributed by atoms with Gasteiger partial charge in [0.15, 0.2) is 0 Å². The largest absolute Gasteiger partial charge is 0.457 e. The van der Waals surface area contributed by atoms with E-state index >= 15 is 0 Å². The molecule has 3 heterocycles. The summed E-state index contributed by atoms with van der Waals surface area (Å²) >= 11 is 5.97. The lowest BCUT2D eigenvalue weighted by molar-refractivity contribution is -0.139. The molecule has 6 nitrogen and oxygen atoms in total. The van der Waals surface area contributed by atoms with E-state index in [1.807, 2.05) is 48.8 Å². The molecule has 0 bridgehead atoms. The predicted molar refractivity (Wildman–Crippen MR) is 142 cm³/mol. The van der Waals surface area contributed by atoms with Crippen LogP contribution in [0.3, 0.4) is 0 Å². The summed E-state index contributed by atoms with van der Waals surface area (Å²) in [6.45, 7) is 7.15. The maximum atomic E-state index is 13.2. The molecule has 0 atom stereocenters. The van der Waals surface area contributed by atoms with E-state index < -0.39 is 0 Å². The zero-order chi connectivity index (χ0) is 24.7. The molecule has 2 saturated heterocycles. The number of carbonyl (C=O) groups is 1. The van der Waals surface area contributed by atoms with Crippen molar-refractivity contribution in [2.75, 3.05) is 39.3 Å². The smallest absolute Gasteiger partial charge is 0.225 e. The molecular formula is C29H33ClN4O2. The molecule has 0 spiro atoms. The Bertz CT molecular complexity index is 1130. The number of pyridine rings is 1. The summed E-state index contributed by atoms with van der Waals surface area (Å²) in [7, 11) is 0. The Balaban J connectivity index is 1.06. The monoisotopic (exact) mass is 504 g/mol. The number of amides is 1. The van der Waals surface area contributed by atoms with Gasteiger partial charge in [-0.2, -0.15) is 0 Å². The third-order valence-electron chi connectivity index (χ3n) is 7.13. The minimum absolute atomic E-state index is 0.159. The molecule has 0 N–H and O–H groups in total. The minimum atomic E-state index is 0.159. The number of likely N-dealkylation sites (tertiary alicyclic amines) is 1. The normalized spacial score (nSPS) is 17.8. The molecule has 5 rings (SSSR count). The molecule has 0 saturated carbocycles. The number of ether oxygens (including phenoxy) is 1. The van der Waals surface area contributed by atoms with Gasteiger partial charge in [0, 0.05) is 62.6 Å². The molecular weight excluding hydrogens is 472 g/mol. The number of rotatable bonds is 7. The van der Waals surface area contributed by atoms with Crippen molar-refractivity contribution in [3.63, 3.8) is 0 Å². The second-order valence-corrected chi connectivity index (χ2v) is 10.1. The first-order valence-electron chi connectivity index (χ1n) is 12.8. The minimum Gasteiger partial charge on any atom is -0.457 e. The SMILES string of the molecule is O=C(C1CCN(Cc2ccncc2)CC1)N1CCN(Cc2cccc(Oc3ccc(Cl)cc3)c2)CC1. The van der Waals surface area contributed by atoms with Crippen molar-refractivity contribution in [1.82, 2.24) is 19.7 Å². The van der Waals surface area contributed by atoms with E-state index in [0.29, 0.717) is 10.9 Å². The number of piperidine rings is 1. The van der Waals surface area contributed by atoms with Crippen molar-refractivity contribution >= 4 is 17.5 Å². The second-order valence-electron chi connectivity index (χ2n) is 9.71. The highest BCUT2D eigenvalue weighted by molar-refractivity contribution is 6.30. The highest BCUT2D eigenvalue weighted by Gasteiger charge is 2.30. The zero-order valence-electron chi connectivity index (χ0n) is 20.6. The lowest BCUT2D eigenvalue weighted by atomic mass is 9.94. The van der Waals surface area contributed by atoms with Crippen LogP contribution in [-0.4, -0.2) is 64.9 Å². The fourth-order valence-corrected chi connectivity index (χ4v) is 5.20. The predicted octanol–water partition coefficient (Wildman–Crippen LogP) is 5.08. The van der Waals surface area contributed by atoms with Gasteiger partial charge in [-0.05, 0) is 85.6 Å². The molecule has 1 amide bonds. The topological polar surface area (TPSA) is 48.9 Å². The van der Waals surface area contributed by atoms with Crippen molar-refractivity contribution in [3.05, 3.63) is 89.2 Å². The Labute approximate surface area is 218 Å². The number of aromatic nitrogens is 1. The van der Waals surface area contributed by atoms with Crippen LogP contribution in [0, 0.1) is 5.92 Å². The summed E-state index contributed by atoms with van der Waals surface area (Å²) in [6.07, 6.45) is 5.59. The highest BCUT2D eigenvalue weighted by atomic mass is 35.5. The van der Waals surface area contributed by atoms with Crippen LogP contribution in [0.4, 0.5) is 0 Å². The average Bonchev–Trinajstić information content (AvgIpc) is 2.91. The summed E-state index contributed by atoms with van der Waals surface area (Å²) in [4.78, 5) is 24.2. The van der Waals surface area contributed by atoms with Gasteiger partial charge in [0.05, 0.1) is 0 Å². The summed E-state index contributed by atoms with van der Waals surface area (Å²) in [5, 5.41) is 0.695. The summed E-state index contributed by atoms with van der Waals surface area (Å²) in [5.41, 5.74) is 2.50. The molecule has 2 aliphatic rings. The van der Waals surface area contributed by atoms with Gasteiger partial charge >= 0.3 is 0 Å². The maximum Gasteiger partial charge on any atom is 0.225 e. The molecule has 0 unspecified atom stereocenters. The third kappa shape index (κ3) is 6.64. The van der Waals surface area contributed by atoms with Crippen LogP contribution < -0.4 is 4.74 Å². The van der Waals surface area contributed by atoms with Crippen LogP contribution >= 0.6 is 11.6 Å². The molecule has 188 valence electrons. The summed E-state index contributed by atoms with van der Waals surface area (Å²) in [5.74, 6) is 2.09. The molecule has 0 radical (unpaired) electrons. The number of nitrogens with zero attached hydrogens (tertiary/aromatic N) is 4. The number of hydrogen-bond acceptors (Lipinski definition) is 5.